The lowest BCUT2D eigenvalue weighted by Gasteiger charge is -2.17. The van der Waals surface area contributed by atoms with Crippen LogP contribution in [0.25, 0.3) is 6.08 Å². The van der Waals surface area contributed by atoms with Crippen molar-refractivity contribution in [3.05, 3.63) is 53.1 Å². The molecule has 2 rings (SSSR count). The van der Waals surface area contributed by atoms with Crippen LogP contribution in [0.2, 0.25) is 0 Å². The van der Waals surface area contributed by atoms with Gasteiger partial charge in [-0.15, -0.1) is 0 Å². The average molecular weight is 256 g/mol. The van der Waals surface area contributed by atoms with Crippen LogP contribution in [0.5, 0.6) is 0 Å². The summed E-state index contributed by atoms with van der Waals surface area (Å²) in [5.74, 6) is 1.18. The van der Waals surface area contributed by atoms with Gasteiger partial charge in [-0.3, -0.25) is 0 Å². The third-order valence-corrected chi connectivity index (χ3v) is 4.05. The Morgan fingerprint density at radius 2 is 1.89 bits per heavy atom. The maximum atomic E-state index is 4.16. The molecule has 0 heterocycles. The smallest absolute Gasteiger partial charge is 0.00293 e. The van der Waals surface area contributed by atoms with Crippen LogP contribution in [-0.2, 0) is 0 Å². The third kappa shape index (κ3) is 3.59. The van der Waals surface area contributed by atoms with Crippen molar-refractivity contribution in [3.63, 3.8) is 0 Å². The van der Waals surface area contributed by atoms with E-state index >= 15 is 0 Å². The molecule has 0 N–H and O–H groups in total. The summed E-state index contributed by atoms with van der Waals surface area (Å²) >= 11 is 0. The van der Waals surface area contributed by atoms with Gasteiger partial charge < -0.3 is 0 Å². The van der Waals surface area contributed by atoms with E-state index in [1.165, 1.54) is 16.7 Å². The Labute approximate surface area is 119 Å². The molecule has 1 aliphatic rings. The first-order valence-corrected chi connectivity index (χ1v) is 7.60. The molecule has 1 aromatic carbocycles. The van der Waals surface area contributed by atoms with Crippen molar-refractivity contribution in [2.45, 2.75) is 53.4 Å². The molecule has 0 saturated heterocycles. The molecule has 0 amide bonds. The first-order valence-electron chi connectivity index (χ1n) is 7.60. The highest BCUT2D eigenvalue weighted by Crippen LogP contribution is 2.39. The van der Waals surface area contributed by atoms with Gasteiger partial charge in [0.05, 0.1) is 0 Å². The second kappa shape index (κ2) is 7.33. The largest absolute Gasteiger partial charge is 0.0996 e. The number of fused-ring (bicyclic) bond motifs is 1. The maximum absolute atomic E-state index is 4.16. The van der Waals surface area contributed by atoms with Crippen molar-refractivity contribution in [1.82, 2.24) is 0 Å². The summed E-state index contributed by atoms with van der Waals surface area (Å²) in [6.45, 7) is 15.0. The Morgan fingerprint density at radius 1 is 1.26 bits per heavy atom. The number of allylic oxidation sites excluding steroid dienone is 2. The van der Waals surface area contributed by atoms with Crippen LogP contribution in [-0.4, -0.2) is 0 Å². The van der Waals surface area contributed by atoms with Crippen LogP contribution in [0, 0.1) is 5.92 Å². The second-order valence-corrected chi connectivity index (χ2v) is 5.19. The summed E-state index contributed by atoms with van der Waals surface area (Å²) in [6, 6.07) is 8.74. The van der Waals surface area contributed by atoms with E-state index in [0.717, 1.165) is 12.8 Å². The highest BCUT2D eigenvalue weighted by molar-refractivity contribution is 5.66. The minimum atomic E-state index is 0.582. The Balaban J connectivity index is 0.000000861. The van der Waals surface area contributed by atoms with E-state index in [-0.39, 0.29) is 0 Å². The number of benzene rings is 1. The molecule has 19 heavy (non-hydrogen) atoms. The zero-order chi connectivity index (χ0) is 14.4. The molecule has 1 aromatic rings. The predicted octanol–water partition coefficient (Wildman–Crippen LogP) is 6.21. The fourth-order valence-electron chi connectivity index (χ4n) is 2.64. The molecular formula is C19H28. The van der Waals surface area contributed by atoms with Crippen LogP contribution in [0.1, 0.15) is 64.5 Å². The van der Waals surface area contributed by atoms with E-state index in [9.17, 15) is 0 Å². The molecule has 0 saturated carbocycles. The molecule has 0 nitrogen and oxygen atoms in total. The highest BCUT2D eigenvalue weighted by Gasteiger charge is 2.22. The summed E-state index contributed by atoms with van der Waals surface area (Å²) in [7, 11) is 0. The van der Waals surface area contributed by atoms with Gasteiger partial charge in [-0.2, -0.15) is 0 Å². The molecule has 0 spiro atoms. The zero-order valence-electron chi connectivity index (χ0n) is 13.2. The van der Waals surface area contributed by atoms with Gasteiger partial charge in [-0.05, 0) is 29.9 Å². The Bertz CT molecular complexity index is 451. The van der Waals surface area contributed by atoms with E-state index in [2.05, 4.69) is 57.7 Å². The van der Waals surface area contributed by atoms with Gasteiger partial charge >= 0.3 is 0 Å². The normalized spacial score (nSPS) is 17.9. The molecule has 0 bridgehead atoms. The lowest BCUT2D eigenvalue weighted by Crippen LogP contribution is -2.02. The van der Waals surface area contributed by atoms with Crippen LogP contribution >= 0.6 is 0 Å². The van der Waals surface area contributed by atoms with Gasteiger partial charge in [0.15, 0.2) is 0 Å². The maximum Gasteiger partial charge on any atom is 0.00293 e. The first-order chi connectivity index (χ1) is 9.13. The third-order valence-electron chi connectivity index (χ3n) is 4.05. The summed E-state index contributed by atoms with van der Waals surface area (Å²) in [5, 5.41) is 0. The van der Waals surface area contributed by atoms with Gasteiger partial charge in [-0.25, -0.2) is 0 Å². The first kappa shape index (κ1) is 15.8. The van der Waals surface area contributed by atoms with E-state index in [4.69, 9.17) is 0 Å². The topological polar surface area (TPSA) is 0 Å². The summed E-state index contributed by atoms with van der Waals surface area (Å²) in [4.78, 5) is 0. The van der Waals surface area contributed by atoms with E-state index < -0.39 is 0 Å². The quantitative estimate of drug-likeness (QED) is 0.562. The van der Waals surface area contributed by atoms with Crippen molar-refractivity contribution in [1.29, 1.82) is 0 Å². The van der Waals surface area contributed by atoms with Crippen LogP contribution in [0.3, 0.4) is 0 Å². The van der Waals surface area contributed by atoms with Crippen molar-refractivity contribution in [2.75, 3.05) is 0 Å². The van der Waals surface area contributed by atoms with Crippen molar-refractivity contribution in [3.8, 4) is 0 Å². The van der Waals surface area contributed by atoms with Crippen LogP contribution in [0.4, 0.5) is 0 Å². The van der Waals surface area contributed by atoms with Gasteiger partial charge in [0.2, 0.25) is 0 Å². The monoisotopic (exact) mass is 256 g/mol. The molecule has 104 valence electrons. The van der Waals surface area contributed by atoms with Crippen molar-refractivity contribution < 1.29 is 0 Å². The molecule has 0 fully saturated rings. The predicted molar refractivity (Wildman–Crippen MR) is 87.4 cm³/mol. The molecule has 0 aliphatic heterocycles. The summed E-state index contributed by atoms with van der Waals surface area (Å²) in [6.07, 6.45) is 4.62. The molecular weight excluding hydrogens is 228 g/mol. The lowest BCUT2D eigenvalue weighted by atomic mass is 9.88. The number of hydrogen-bond donors (Lipinski definition) is 0. The molecule has 0 aromatic heterocycles. The van der Waals surface area contributed by atoms with Crippen molar-refractivity contribution in [2.24, 2.45) is 5.92 Å². The SMILES string of the molecule is C=C(CC)C(C)CC1=Cc2ccccc2C1C.CC. The van der Waals surface area contributed by atoms with Gasteiger partial charge in [0.1, 0.15) is 0 Å². The highest BCUT2D eigenvalue weighted by atomic mass is 14.3. The van der Waals surface area contributed by atoms with Gasteiger partial charge in [0, 0.05) is 5.92 Å². The Hall–Kier alpha value is -1.30. The number of rotatable bonds is 4. The van der Waals surface area contributed by atoms with E-state index in [0.29, 0.717) is 11.8 Å². The van der Waals surface area contributed by atoms with Crippen LogP contribution in [0.15, 0.2) is 42.0 Å². The van der Waals surface area contributed by atoms with Crippen LogP contribution < -0.4 is 0 Å². The Kier molecular flexibility index (Phi) is 6.08. The van der Waals surface area contributed by atoms with E-state index in [1.807, 2.05) is 13.8 Å². The summed E-state index contributed by atoms with van der Waals surface area (Å²) < 4.78 is 0. The second-order valence-electron chi connectivity index (χ2n) is 5.19. The minimum absolute atomic E-state index is 0.582. The molecule has 0 radical (unpaired) electrons. The standard InChI is InChI=1S/C17H22.C2H6/c1-5-12(2)13(3)10-16-11-15-8-6-7-9-17(15)14(16)4;1-2/h6-9,11,13-14H,2,5,10H2,1,3-4H3;1-2H3. The number of hydrogen-bond acceptors (Lipinski definition) is 0. The average Bonchev–Trinajstić information content (AvgIpc) is 2.77. The molecule has 2 unspecified atom stereocenters. The van der Waals surface area contributed by atoms with Gasteiger partial charge in [-0.1, -0.05) is 82.7 Å². The summed E-state index contributed by atoms with van der Waals surface area (Å²) in [5.41, 5.74) is 5.82. The minimum Gasteiger partial charge on any atom is -0.0996 e. The molecule has 1 aliphatic carbocycles. The lowest BCUT2D eigenvalue weighted by molar-refractivity contribution is 0.630. The zero-order valence-corrected chi connectivity index (χ0v) is 13.2. The van der Waals surface area contributed by atoms with Crippen molar-refractivity contribution >= 4 is 6.08 Å². The molecule has 0 heteroatoms. The molecule has 2 atom stereocenters. The van der Waals surface area contributed by atoms with Gasteiger partial charge in [0.25, 0.3) is 0 Å². The fourth-order valence-corrected chi connectivity index (χ4v) is 2.64. The Morgan fingerprint density at radius 3 is 2.47 bits per heavy atom. The van der Waals surface area contributed by atoms with E-state index in [1.54, 1.807) is 5.57 Å². The fraction of sp³-hybridized carbons (Fsp3) is 0.474.